The molecule has 0 N–H and O–H groups in total. The van der Waals surface area contributed by atoms with Gasteiger partial charge < -0.3 is 4.90 Å². The minimum Gasteiger partial charge on any atom is -0.328 e. The Balaban J connectivity index is 1.83. The molecule has 5 heteroatoms. The van der Waals surface area contributed by atoms with Crippen LogP contribution in [0.25, 0.3) is 0 Å². The standard InChI is InChI=1S/C17H14ClNOS2/c18-14-7-5-13(6-8-14)17(20)19(11-15-3-1-9-21-15)12-16-4-2-10-22-16/h1-10H,11-12H2. The predicted molar refractivity (Wildman–Crippen MR) is 93.7 cm³/mol. The first kappa shape index (κ1) is 15.3. The van der Waals surface area contributed by atoms with E-state index in [1.165, 1.54) is 9.75 Å². The van der Waals surface area contributed by atoms with Crippen LogP contribution in [0, 0.1) is 0 Å². The quantitative estimate of drug-likeness (QED) is 0.612. The van der Waals surface area contributed by atoms with Crippen molar-refractivity contribution in [2.24, 2.45) is 0 Å². The third kappa shape index (κ3) is 3.77. The largest absolute Gasteiger partial charge is 0.328 e. The summed E-state index contributed by atoms with van der Waals surface area (Å²) in [6.45, 7) is 1.24. The monoisotopic (exact) mass is 347 g/mol. The van der Waals surface area contributed by atoms with Gasteiger partial charge in [0.05, 0.1) is 13.1 Å². The summed E-state index contributed by atoms with van der Waals surface area (Å²) in [6.07, 6.45) is 0. The van der Waals surface area contributed by atoms with Crippen LogP contribution >= 0.6 is 34.3 Å². The van der Waals surface area contributed by atoms with Crippen molar-refractivity contribution in [2.75, 3.05) is 0 Å². The van der Waals surface area contributed by atoms with Crippen LogP contribution in [0.4, 0.5) is 0 Å². The fraction of sp³-hybridized carbons (Fsp3) is 0.118. The zero-order valence-corrected chi connectivity index (χ0v) is 14.1. The number of hydrogen-bond donors (Lipinski definition) is 0. The van der Waals surface area contributed by atoms with Gasteiger partial charge in [0.15, 0.2) is 0 Å². The first-order chi connectivity index (χ1) is 10.7. The maximum absolute atomic E-state index is 12.8. The van der Waals surface area contributed by atoms with E-state index in [4.69, 9.17) is 11.6 Å². The van der Waals surface area contributed by atoms with Crippen molar-refractivity contribution in [1.82, 2.24) is 4.90 Å². The zero-order valence-electron chi connectivity index (χ0n) is 11.7. The number of halogens is 1. The number of thiophene rings is 2. The lowest BCUT2D eigenvalue weighted by Gasteiger charge is -2.21. The molecular weight excluding hydrogens is 334 g/mol. The third-order valence-corrected chi connectivity index (χ3v) is 5.21. The fourth-order valence-corrected chi connectivity index (χ4v) is 3.72. The van der Waals surface area contributed by atoms with Gasteiger partial charge in [-0.3, -0.25) is 4.79 Å². The van der Waals surface area contributed by atoms with Crippen LogP contribution in [-0.4, -0.2) is 10.8 Å². The molecule has 0 saturated carbocycles. The van der Waals surface area contributed by atoms with E-state index in [1.54, 1.807) is 46.9 Å². The van der Waals surface area contributed by atoms with E-state index in [2.05, 4.69) is 12.1 Å². The Bertz CT molecular complexity index is 684. The molecule has 0 unspecified atom stereocenters. The molecule has 0 aliphatic carbocycles. The van der Waals surface area contributed by atoms with Gasteiger partial charge in [0, 0.05) is 20.3 Å². The lowest BCUT2D eigenvalue weighted by Crippen LogP contribution is -2.29. The van der Waals surface area contributed by atoms with E-state index in [9.17, 15) is 4.79 Å². The number of nitrogens with zero attached hydrogens (tertiary/aromatic N) is 1. The highest BCUT2D eigenvalue weighted by molar-refractivity contribution is 7.10. The Hall–Kier alpha value is -1.62. The average Bonchev–Trinajstić information content (AvgIpc) is 3.20. The van der Waals surface area contributed by atoms with Gasteiger partial charge in [0.2, 0.25) is 0 Å². The Morgan fingerprint density at radius 1 is 0.909 bits per heavy atom. The maximum atomic E-state index is 12.8. The van der Waals surface area contributed by atoms with Crippen molar-refractivity contribution in [3.05, 3.63) is 79.6 Å². The van der Waals surface area contributed by atoms with Crippen molar-refractivity contribution in [2.45, 2.75) is 13.1 Å². The van der Waals surface area contributed by atoms with E-state index < -0.39 is 0 Å². The molecule has 3 aromatic rings. The fourth-order valence-electron chi connectivity index (χ4n) is 2.16. The Morgan fingerprint density at radius 2 is 1.45 bits per heavy atom. The molecule has 0 saturated heterocycles. The minimum atomic E-state index is 0.0264. The van der Waals surface area contributed by atoms with Gasteiger partial charge in [-0.1, -0.05) is 23.7 Å². The molecule has 0 radical (unpaired) electrons. The number of rotatable bonds is 5. The minimum absolute atomic E-state index is 0.0264. The maximum Gasteiger partial charge on any atom is 0.254 e. The highest BCUT2D eigenvalue weighted by Gasteiger charge is 2.17. The molecule has 1 aromatic carbocycles. The molecule has 3 rings (SSSR count). The molecule has 0 spiro atoms. The third-order valence-electron chi connectivity index (χ3n) is 3.23. The summed E-state index contributed by atoms with van der Waals surface area (Å²) in [7, 11) is 0. The lowest BCUT2D eigenvalue weighted by atomic mass is 10.2. The zero-order chi connectivity index (χ0) is 15.4. The molecule has 2 heterocycles. The summed E-state index contributed by atoms with van der Waals surface area (Å²) in [6, 6.07) is 15.2. The van der Waals surface area contributed by atoms with E-state index in [0.717, 1.165) is 0 Å². The SMILES string of the molecule is O=C(c1ccc(Cl)cc1)N(Cc1cccs1)Cc1cccs1. The lowest BCUT2D eigenvalue weighted by molar-refractivity contribution is 0.0733. The van der Waals surface area contributed by atoms with E-state index in [1.807, 2.05) is 27.8 Å². The number of amides is 1. The van der Waals surface area contributed by atoms with Crippen LogP contribution in [0.1, 0.15) is 20.1 Å². The van der Waals surface area contributed by atoms with Crippen LogP contribution < -0.4 is 0 Å². The van der Waals surface area contributed by atoms with Crippen molar-refractivity contribution in [1.29, 1.82) is 0 Å². The van der Waals surface area contributed by atoms with Gasteiger partial charge in [-0.15, -0.1) is 22.7 Å². The normalized spacial score (nSPS) is 10.6. The van der Waals surface area contributed by atoms with Crippen LogP contribution in [0.5, 0.6) is 0 Å². The molecule has 1 amide bonds. The van der Waals surface area contributed by atoms with Gasteiger partial charge in [0.1, 0.15) is 0 Å². The molecule has 112 valence electrons. The molecule has 22 heavy (non-hydrogen) atoms. The van der Waals surface area contributed by atoms with E-state index in [0.29, 0.717) is 23.7 Å². The van der Waals surface area contributed by atoms with E-state index in [-0.39, 0.29) is 5.91 Å². The molecular formula is C17H14ClNOS2. The van der Waals surface area contributed by atoms with Gasteiger partial charge in [-0.05, 0) is 47.2 Å². The summed E-state index contributed by atoms with van der Waals surface area (Å²) in [5.41, 5.74) is 0.664. The number of carbonyl (C=O) groups is 1. The highest BCUT2D eigenvalue weighted by Crippen LogP contribution is 2.20. The second kappa shape index (κ2) is 7.09. The van der Waals surface area contributed by atoms with Crippen molar-refractivity contribution >= 4 is 40.2 Å². The van der Waals surface area contributed by atoms with Crippen molar-refractivity contribution in [3.8, 4) is 0 Å². The molecule has 0 atom stereocenters. The second-order valence-electron chi connectivity index (χ2n) is 4.83. The first-order valence-electron chi connectivity index (χ1n) is 6.82. The van der Waals surface area contributed by atoms with Crippen molar-refractivity contribution < 1.29 is 4.79 Å². The number of carbonyl (C=O) groups excluding carboxylic acids is 1. The van der Waals surface area contributed by atoms with Gasteiger partial charge in [0.25, 0.3) is 5.91 Å². The molecule has 2 aromatic heterocycles. The van der Waals surface area contributed by atoms with Crippen LogP contribution in [0.2, 0.25) is 5.02 Å². The average molecular weight is 348 g/mol. The Labute approximate surface area is 142 Å². The topological polar surface area (TPSA) is 20.3 Å². The molecule has 0 bridgehead atoms. The smallest absolute Gasteiger partial charge is 0.254 e. The van der Waals surface area contributed by atoms with Crippen LogP contribution in [0.3, 0.4) is 0 Å². The summed E-state index contributed by atoms with van der Waals surface area (Å²) < 4.78 is 0. The van der Waals surface area contributed by atoms with Crippen LogP contribution in [-0.2, 0) is 13.1 Å². The summed E-state index contributed by atoms with van der Waals surface area (Å²) in [5, 5.41) is 4.70. The van der Waals surface area contributed by atoms with E-state index >= 15 is 0 Å². The predicted octanol–water partition coefficient (Wildman–Crippen LogP) is 5.31. The molecule has 0 fully saturated rings. The molecule has 0 aliphatic rings. The molecule has 0 aliphatic heterocycles. The number of hydrogen-bond acceptors (Lipinski definition) is 3. The van der Waals surface area contributed by atoms with Crippen molar-refractivity contribution in [3.63, 3.8) is 0 Å². The summed E-state index contributed by atoms with van der Waals surface area (Å²) in [4.78, 5) is 17.0. The highest BCUT2D eigenvalue weighted by atomic mass is 35.5. The van der Waals surface area contributed by atoms with Gasteiger partial charge >= 0.3 is 0 Å². The molecule has 2 nitrogen and oxygen atoms in total. The second-order valence-corrected chi connectivity index (χ2v) is 7.33. The first-order valence-corrected chi connectivity index (χ1v) is 8.96. The number of benzene rings is 1. The van der Waals surface area contributed by atoms with Gasteiger partial charge in [-0.2, -0.15) is 0 Å². The van der Waals surface area contributed by atoms with Crippen LogP contribution in [0.15, 0.2) is 59.3 Å². The summed E-state index contributed by atoms with van der Waals surface area (Å²) in [5.74, 6) is 0.0264. The Morgan fingerprint density at radius 3 is 1.91 bits per heavy atom. The summed E-state index contributed by atoms with van der Waals surface area (Å²) >= 11 is 9.24. The van der Waals surface area contributed by atoms with Gasteiger partial charge in [-0.25, -0.2) is 0 Å². The Kier molecular flexibility index (Phi) is 4.93.